The third-order valence-corrected chi connectivity index (χ3v) is 3.80. The van der Waals surface area contributed by atoms with Crippen molar-refractivity contribution in [3.63, 3.8) is 0 Å². The molecule has 2 rings (SSSR count). The molecule has 0 aliphatic carbocycles. The molecule has 0 bridgehead atoms. The summed E-state index contributed by atoms with van der Waals surface area (Å²) in [6.45, 7) is 0. The lowest BCUT2D eigenvalue weighted by atomic mass is 10.1. The first kappa shape index (κ1) is 15.4. The van der Waals surface area contributed by atoms with E-state index in [9.17, 15) is 4.79 Å². The van der Waals surface area contributed by atoms with Gasteiger partial charge in [-0.15, -0.1) is 0 Å². The molecule has 21 heavy (non-hydrogen) atoms. The number of amides is 1. The molecule has 0 saturated carbocycles. The van der Waals surface area contributed by atoms with Gasteiger partial charge in [0.15, 0.2) is 0 Å². The number of nitrogens with two attached hydrogens (primary N) is 1. The first-order valence-electron chi connectivity index (χ1n) is 6.56. The molecule has 0 fully saturated rings. The van der Waals surface area contributed by atoms with Crippen LogP contribution in [0.25, 0.3) is 0 Å². The zero-order chi connectivity index (χ0) is 15.2. The van der Waals surface area contributed by atoms with E-state index in [1.165, 1.54) is 0 Å². The summed E-state index contributed by atoms with van der Waals surface area (Å²) in [6.07, 6.45) is 1.10. The standard InChI is InChI=1S/C16H17BrN2O2/c1-21-13-6-2-11(3-7-13)4-9-16(20)19-12-5-8-14(17)15(18)10-12/h2-3,5-8,10H,4,9,18H2,1H3,(H,19,20). The number of ether oxygens (including phenoxy) is 1. The van der Waals surface area contributed by atoms with Crippen LogP contribution in [0.1, 0.15) is 12.0 Å². The van der Waals surface area contributed by atoms with Crippen LogP contribution in [0.15, 0.2) is 46.9 Å². The average Bonchev–Trinajstić information content (AvgIpc) is 2.49. The van der Waals surface area contributed by atoms with Gasteiger partial charge in [-0.25, -0.2) is 0 Å². The Morgan fingerprint density at radius 3 is 2.57 bits per heavy atom. The SMILES string of the molecule is COc1ccc(CCC(=O)Nc2ccc(Br)c(N)c2)cc1. The normalized spacial score (nSPS) is 10.2. The molecule has 0 spiro atoms. The van der Waals surface area contributed by atoms with Crippen molar-refractivity contribution < 1.29 is 9.53 Å². The van der Waals surface area contributed by atoms with E-state index in [-0.39, 0.29) is 5.91 Å². The molecule has 0 aliphatic rings. The monoisotopic (exact) mass is 348 g/mol. The summed E-state index contributed by atoms with van der Waals surface area (Å²) in [5, 5.41) is 2.84. The molecule has 0 aromatic heterocycles. The van der Waals surface area contributed by atoms with Crippen molar-refractivity contribution >= 4 is 33.2 Å². The van der Waals surface area contributed by atoms with Crippen LogP contribution >= 0.6 is 15.9 Å². The van der Waals surface area contributed by atoms with Gasteiger partial charge < -0.3 is 15.8 Å². The molecule has 2 aromatic carbocycles. The zero-order valence-corrected chi connectivity index (χ0v) is 13.3. The molecule has 0 atom stereocenters. The van der Waals surface area contributed by atoms with Crippen LogP contribution in [-0.4, -0.2) is 13.0 Å². The van der Waals surface area contributed by atoms with Crippen molar-refractivity contribution in [2.45, 2.75) is 12.8 Å². The number of hydrogen-bond acceptors (Lipinski definition) is 3. The van der Waals surface area contributed by atoms with E-state index in [2.05, 4.69) is 21.2 Å². The van der Waals surface area contributed by atoms with E-state index in [4.69, 9.17) is 10.5 Å². The van der Waals surface area contributed by atoms with Gasteiger partial charge in [0.2, 0.25) is 5.91 Å². The maximum atomic E-state index is 11.9. The molecule has 0 radical (unpaired) electrons. The minimum atomic E-state index is -0.0347. The Bertz CT molecular complexity index is 627. The van der Waals surface area contributed by atoms with Crippen LogP contribution in [0.3, 0.4) is 0 Å². The van der Waals surface area contributed by atoms with E-state index >= 15 is 0 Å². The fraction of sp³-hybridized carbons (Fsp3) is 0.188. The van der Waals surface area contributed by atoms with Crippen LogP contribution in [0.2, 0.25) is 0 Å². The number of methoxy groups -OCH3 is 1. The molecule has 0 heterocycles. The van der Waals surface area contributed by atoms with E-state index < -0.39 is 0 Å². The van der Waals surface area contributed by atoms with Gasteiger partial charge in [-0.1, -0.05) is 12.1 Å². The Morgan fingerprint density at radius 2 is 1.95 bits per heavy atom. The van der Waals surface area contributed by atoms with Crippen LogP contribution < -0.4 is 15.8 Å². The smallest absolute Gasteiger partial charge is 0.224 e. The molecular formula is C16H17BrN2O2. The fourth-order valence-electron chi connectivity index (χ4n) is 1.90. The molecule has 3 N–H and O–H groups in total. The fourth-order valence-corrected chi connectivity index (χ4v) is 2.14. The number of carbonyl (C=O) groups is 1. The number of carbonyl (C=O) groups excluding carboxylic acids is 1. The Labute approximate surface area is 132 Å². The van der Waals surface area contributed by atoms with Crippen LogP contribution in [-0.2, 0) is 11.2 Å². The lowest BCUT2D eigenvalue weighted by Gasteiger charge is -2.07. The predicted molar refractivity (Wildman–Crippen MR) is 88.5 cm³/mol. The number of benzene rings is 2. The molecule has 110 valence electrons. The molecule has 1 amide bonds. The molecular weight excluding hydrogens is 332 g/mol. The summed E-state index contributed by atoms with van der Waals surface area (Å²) in [5.74, 6) is 0.779. The Balaban J connectivity index is 1.87. The zero-order valence-electron chi connectivity index (χ0n) is 11.7. The molecule has 5 heteroatoms. The average molecular weight is 349 g/mol. The molecule has 2 aromatic rings. The maximum absolute atomic E-state index is 11.9. The summed E-state index contributed by atoms with van der Waals surface area (Å²) < 4.78 is 5.92. The lowest BCUT2D eigenvalue weighted by molar-refractivity contribution is -0.116. The van der Waals surface area contributed by atoms with Crippen molar-refractivity contribution in [1.29, 1.82) is 0 Å². The summed E-state index contributed by atoms with van der Waals surface area (Å²) >= 11 is 3.32. The van der Waals surface area contributed by atoms with Crippen molar-refractivity contribution in [3.8, 4) is 5.75 Å². The largest absolute Gasteiger partial charge is 0.497 e. The number of anilines is 2. The van der Waals surface area contributed by atoms with Crippen LogP contribution in [0, 0.1) is 0 Å². The number of nitrogen functional groups attached to an aromatic ring is 1. The van der Waals surface area contributed by atoms with Gasteiger partial charge in [0.1, 0.15) is 5.75 Å². The maximum Gasteiger partial charge on any atom is 0.224 e. The minimum Gasteiger partial charge on any atom is -0.497 e. The van der Waals surface area contributed by atoms with Crippen molar-refractivity contribution in [2.24, 2.45) is 0 Å². The van der Waals surface area contributed by atoms with Crippen molar-refractivity contribution in [3.05, 3.63) is 52.5 Å². The summed E-state index contributed by atoms with van der Waals surface area (Å²) in [6, 6.07) is 13.1. The summed E-state index contributed by atoms with van der Waals surface area (Å²) in [7, 11) is 1.63. The van der Waals surface area contributed by atoms with E-state index in [1.807, 2.05) is 36.4 Å². The first-order valence-corrected chi connectivity index (χ1v) is 7.35. The quantitative estimate of drug-likeness (QED) is 0.811. The highest BCUT2D eigenvalue weighted by Crippen LogP contribution is 2.23. The van der Waals surface area contributed by atoms with Gasteiger partial charge in [0.25, 0.3) is 0 Å². The van der Waals surface area contributed by atoms with E-state index in [1.54, 1.807) is 13.2 Å². The van der Waals surface area contributed by atoms with Gasteiger partial charge >= 0.3 is 0 Å². The van der Waals surface area contributed by atoms with Crippen LogP contribution in [0.5, 0.6) is 5.75 Å². The molecule has 0 saturated heterocycles. The molecule has 4 nitrogen and oxygen atoms in total. The second kappa shape index (κ2) is 7.13. The van der Waals surface area contributed by atoms with E-state index in [0.717, 1.165) is 15.8 Å². The highest BCUT2D eigenvalue weighted by molar-refractivity contribution is 9.10. The summed E-state index contributed by atoms with van der Waals surface area (Å²) in [4.78, 5) is 11.9. The number of nitrogens with one attached hydrogen (secondary N) is 1. The van der Waals surface area contributed by atoms with Gasteiger partial charge in [-0.05, 0) is 58.2 Å². The third kappa shape index (κ3) is 4.49. The van der Waals surface area contributed by atoms with E-state index in [0.29, 0.717) is 24.2 Å². The number of hydrogen-bond donors (Lipinski definition) is 2. The highest BCUT2D eigenvalue weighted by atomic mass is 79.9. The number of rotatable bonds is 5. The first-order chi connectivity index (χ1) is 10.1. The predicted octanol–water partition coefficient (Wildman–Crippen LogP) is 3.61. The third-order valence-electron chi connectivity index (χ3n) is 3.08. The Kier molecular flexibility index (Phi) is 5.22. The van der Waals surface area contributed by atoms with Crippen molar-refractivity contribution in [1.82, 2.24) is 0 Å². The highest BCUT2D eigenvalue weighted by Gasteiger charge is 2.05. The second-order valence-corrected chi connectivity index (χ2v) is 5.49. The summed E-state index contributed by atoms with van der Waals surface area (Å²) in [5.41, 5.74) is 8.18. The number of halogens is 1. The topological polar surface area (TPSA) is 64.3 Å². The number of aryl methyl sites for hydroxylation is 1. The second-order valence-electron chi connectivity index (χ2n) is 4.63. The Hall–Kier alpha value is -2.01. The Morgan fingerprint density at radius 1 is 1.24 bits per heavy atom. The lowest BCUT2D eigenvalue weighted by Crippen LogP contribution is -2.12. The van der Waals surface area contributed by atoms with Gasteiger partial charge in [-0.3, -0.25) is 4.79 Å². The molecule has 0 aliphatic heterocycles. The van der Waals surface area contributed by atoms with Gasteiger partial charge in [-0.2, -0.15) is 0 Å². The van der Waals surface area contributed by atoms with Gasteiger partial charge in [0.05, 0.1) is 7.11 Å². The molecule has 0 unspecified atom stereocenters. The van der Waals surface area contributed by atoms with Gasteiger partial charge in [0, 0.05) is 22.3 Å². The van der Waals surface area contributed by atoms with Crippen LogP contribution in [0.4, 0.5) is 11.4 Å². The minimum absolute atomic E-state index is 0.0347. The van der Waals surface area contributed by atoms with Crippen molar-refractivity contribution in [2.75, 3.05) is 18.2 Å².